The van der Waals surface area contributed by atoms with E-state index in [1.807, 2.05) is 11.0 Å². The summed E-state index contributed by atoms with van der Waals surface area (Å²) in [6.45, 7) is 3.55. The Balaban J connectivity index is 1.37. The Morgan fingerprint density at radius 2 is 1.60 bits per heavy atom. The molecule has 1 saturated carbocycles. The number of carbonyl (C=O) groups excluding carboxylic acids is 2. The van der Waals surface area contributed by atoms with E-state index in [0.29, 0.717) is 12.4 Å². The third-order valence-corrected chi connectivity index (χ3v) is 5.98. The molecule has 0 spiro atoms. The summed E-state index contributed by atoms with van der Waals surface area (Å²) in [6, 6.07) is 6.84. The first-order valence-corrected chi connectivity index (χ1v) is 9.33. The number of fused-ring (bicyclic) bond motifs is 1. The molecule has 1 aromatic carbocycles. The first-order chi connectivity index (χ1) is 12.1. The second-order valence-electron chi connectivity index (χ2n) is 7.45. The van der Waals surface area contributed by atoms with Gasteiger partial charge in [0.05, 0.1) is 43.7 Å². The first kappa shape index (κ1) is 16.5. The monoisotopic (exact) mass is 346 g/mol. The van der Waals surface area contributed by atoms with Gasteiger partial charge in [-0.3, -0.25) is 9.59 Å². The van der Waals surface area contributed by atoms with Crippen molar-refractivity contribution in [3.8, 4) is 0 Å². The van der Waals surface area contributed by atoms with E-state index in [-0.39, 0.29) is 29.5 Å². The molecule has 25 heavy (non-hydrogen) atoms. The molecule has 1 aromatic rings. The third-order valence-electron chi connectivity index (χ3n) is 5.98. The lowest BCUT2D eigenvalue weighted by Crippen LogP contribution is -3.16. The van der Waals surface area contributed by atoms with Crippen molar-refractivity contribution in [3.63, 3.8) is 0 Å². The highest BCUT2D eigenvalue weighted by molar-refractivity contribution is 6.05. The van der Waals surface area contributed by atoms with Gasteiger partial charge >= 0.3 is 0 Å². The van der Waals surface area contributed by atoms with Crippen LogP contribution in [0.5, 0.6) is 0 Å². The lowest BCUT2D eigenvalue weighted by atomic mass is 9.81. The van der Waals surface area contributed by atoms with Crippen LogP contribution in [0.3, 0.4) is 0 Å². The zero-order valence-corrected chi connectivity index (χ0v) is 14.4. The molecule has 5 nitrogen and oxygen atoms in total. The van der Waals surface area contributed by atoms with Crippen molar-refractivity contribution in [1.29, 1.82) is 0 Å². The molecule has 3 aliphatic rings. The van der Waals surface area contributed by atoms with E-state index in [4.69, 9.17) is 0 Å². The number of rotatable bonds is 3. The van der Waals surface area contributed by atoms with Crippen molar-refractivity contribution in [2.45, 2.75) is 25.7 Å². The minimum atomic E-state index is -0.195. The number of imide groups is 1. The van der Waals surface area contributed by atoms with Crippen molar-refractivity contribution >= 4 is 17.5 Å². The van der Waals surface area contributed by atoms with Crippen LogP contribution < -0.4 is 9.80 Å². The van der Waals surface area contributed by atoms with Crippen LogP contribution in [0.25, 0.3) is 0 Å². The fraction of sp³-hybridized carbons (Fsp3) is 0.579. The average molecular weight is 346 g/mol. The minimum Gasteiger partial charge on any atom is -0.358 e. The molecule has 2 aliphatic heterocycles. The van der Waals surface area contributed by atoms with E-state index in [0.717, 1.165) is 51.9 Å². The number of likely N-dealkylation sites (tertiary alicyclic amines) is 1. The summed E-state index contributed by atoms with van der Waals surface area (Å²) >= 11 is 0. The number of nitrogens with one attached hydrogen (secondary N) is 1. The van der Waals surface area contributed by atoms with Gasteiger partial charge in [0.1, 0.15) is 5.82 Å². The molecule has 134 valence electrons. The molecule has 0 radical (unpaired) electrons. The summed E-state index contributed by atoms with van der Waals surface area (Å²) in [4.78, 5) is 30.0. The number of hydrogen-bond donors (Lipinski definition) is 1. The number of piperazine rings is 1. The standard InChI is InChI=1S/C19H24FN3O2/c20-16-7-3-4-8-17(16)22-11-9-21(10-12-22)13-23-18(24)14-5-1-2-6-15(14)19(23)25/h3-4,7-8,14-15H,1-2,5-6,9-13H2/p+1/t14-,15-/m0/s1. The SMILES string of the molecule is O=C1[C@H]2CCCC[C@@H]2C(=O)N1C[NH+]1CCN(c2ccccc2F)CC1. The lowest BCUT2D eigenvalue weighted by Gasteiger charge is -2.35. The predicted molar refractivity (Wildman–Crippen MR) is 91.5 cm³/mol. The van der Waals surface area contributed by atoms with E-state index >= 15 is 0 Å². The van der Waals surface area contributed by atoms with Gasteiger partial charge in [0.15, 0.2) is 6.67 Å². The first-order valence-electron chi connectivity index (χ1n) is 9.33. The molecule has 2 atom stereocenters. The van der Waals surface area contributed by atoms with E-state index in [1.54, 1.807) is 12.1 Å². The molecule has 1 aliphatic carbocycles. The van der Waals surface area contributed by atoms with Crippen LogP contribution in [-0.2, 0) is 9.59 Å². The topological polar surface area (TPSA) is 45.1 Å². The van der Waals surface area contributed by atoms with E-state index in [2.05, 4.69) is 0 Å². The van der Waals surface area contributed by atoms with Gasteiger partial charge in [-0.05, 0) is 25.0 Å². The van der Waals surface area contributed by atoms with Gasteiger partial charge in [-0.1, -0.05) is 25.0 Å². The van der Waals surface area contributed by atoms with Gasteiger partial charge in [-0.2, -0.15) is 0 Å². The second kappa shape index (κ2) is 6.75. The molecule has 2 heterocycles. The number of amides is 2. The van der Waals surface area contributed by atoms with Crippen molar-refractivity contribution in [1.82, 2.24) is 4.90 Å². The highest BCUT2D eigenvalue weighted by atomic mass is 19.1. The Bertz CT molecular complexity index is 648. The maximum atomic E-state index is 13.9. The lowest BCUT2D eigenvalue weighted by molar-refractivity contribution is -0.908. The molecule has 1 N–H and O–H groups in total. The van der Waals surface area contributed by atoms with Gasteiger partial charge in [0.2, 0.25) is 11.8 Å². The summed E-state index contributed by atoms with van der Waals surface area (Å²) in [7, 11) is 0. The second-order valence-corrected chi connectivity index (χ2v) is 7.45. The summed E-state index contributed by atoms with van der Waals surface area (Å²) in [5.41, 5.74) is 0.640. The Kier molecular flexibility index (Phi) is 4.46. The Labute approximate surface area is 147 Å². The van der Waals surface area contributed by atoms with Crippen LogP contribution in [0.4, 0.5) is 10.1 Å². The quantitative estimate of drug-likeness (QED) is 0.818. The highest BCUT2D eigenvalue weighted by Crippen LogP contribution is 2.37. The van der Waals surface area contributed by atoms with E-state index < -0.39 is 0 Å². The van der Waals surface area contributed by atoms with Crippen LogP contribution in [0.2, 0.25) is 0 Å². The van der Waals surface area contributed by atoms with Crippen molar-refractivity contribution in [3.05, 3.63) is 30.1 Å². The number of nitrogens with zero attached hydrogens (tertiary/aromatic N) is 2. The molecule has 6 heteroatoms. The van der Waals surface area contributed by atoms with Crippen molar-refractivity contribution in [2.75, 3.05) is 37.7 Å². The zero-order valence-electron chi connectivity index (χ0n) is 14.4. The van der Waals surface area contributed by atoms with Gasteiger partial charge in [-0.25, -0.2) is 9.29 Å². The number of carbonyl (C=O) groups is 2. The van der Waals surface area contributed by atoms with Crippen LogP contribution >= 0.6 is 0 Å². The molecule has 0 aromatic heterocycles. The van der Waals surface area contributed by atoms with Crippen LogP contribution in [-0.4, -0.2) is 49.6 Å². The van der Waals surface area contributed by atoms with Crippen molar-refractivity contribution < 1.29 is 18.9 Å². The normalized spacial score (nSPS) is 27.7. The molecular formula is C19H25FN3O2+. The smallest absolute Gasteiger partial charge is 0.237 e. The molecule has 0 unspecified atom stereocenters. The number of para-hydroxylation sites is 1. The van der Waals surface area contributed by atoms with Crippen LogP contribution in [0.15, 0.2) is 24.3 Å². The molecule has 2 saturated heterocycles. The molecule has 0 bridgehead atoms. The predicted octanol–water partition coefficient (Wildman–Crippen LogP) is 0.663. The summed E-state index contributed by atoms with van der Waals surface area (Å²) in [5.74, 6) is -0.252. The molecule has 2 amide bonds. The average Bonchev–Trinajstić information content (AvgIpc) is 2.88. The molecule has 4 rings (SSSR count). The zero-order chi connectivity index (χ0) is 17.4. The number of anilines is 1. The van der Waals surface area contributed by atoms with Crippen LogP contribution in [0, 0.1) is 17.7 Å². The Morgan fingerprint density at radius 1 is 1.00 bits per heavy atom. The Morgan fingerprint density at radius 3 is 2.20 bits per heavy atom. The summed E-state index contributed by atoms with van der Waals surface area (Å²) in [5, 5.41) is 0. The van der Waals surface area contributed by atoms with Gasteiger partial charge in [0.25, 0.3) is 0 Å². The maximum absolute atomic E-state index is 13.9. The third kappa shape index (κ3) is 3.03. The number of halogens is 1. The number of benzene rings is 1. The van der Waals surface area contributed by atoms with Crippen molar-refractivity contribution in [2.24, 2.45) is 11.8 Å². The number of quaternary nitrogens is 1. The fourth-order valence-electron chi connectivity index (χ4n) is 4.54. The number of hydrogen-bond acceptors (Lipinski definition) is 3. The molecule has 3 fully saturated rings. The summed E-state index contributed by atoms with van der Waals surface area (Å²) < 4.78 is 13.9. The van der Waals surface area contributed by atoms with Gasteiger partial charge in [0, 0.05) is 0 Å². The van der Waals surface area contributed by atoms with E-state index in [9.17, 15) is 14.0 Å². The Hall–Kier alpha value is -1.95. The molecular weight excluding hydrogens is 321 g/mol. The maximum Gasteiger partial charge on any atom is 0.237 e. The summed E-state index contributed by atoms with van der Waals surface area (Å²) in [6.07, 6.45) is 3.84. The highest BCUT2D eigenvalue weighted by Gasteiger charge is 2.49. The van der Waals surface area contributed by atoms with E-state index in [1.165, 1.54) is 15.9 Å². The fourth-order valence-corrected chi connectivity index (χ4v) is 4.54. The van der Waals surface area contributed by atoms with Gasteiger partial charge in [-0.15, -0.1) is 0 Å². The van der Waals surface area contributed by atoms with Gasteiger partial charge < -0.3 is 9.80 Å². The largest absolute Gasteiger partial charge is 0.358 e. The minimum absolute atomic E-state index is 0.0405. The van der Waals surface area contributed by atoms with Crippen LogP contribution in [0.1, 0.15) is 25.7 Å².